The summed E-state index contributed by atoms with van der Waals surface area (Å²) < 4.78 is 23.8. The highest BCUT2D eigenvalue weighted by Crippen LogP contribution is 2.37. The second-order valence-electron chi connectivity index (χ2n) is 5.75. The van der Waals surface area contributed by atoms with Crippen LogP contribution in [0.15, 0.2) is 54.6 Å². The topological polar surface area (TPSA) is 67.9 Å². The van der Waals surface area contributed by atoms with E-state index in [0.717, 1.165) is 5.01 Å². The molecular weight excluding hydrogens is 387 g/mol. The fourth-order valence-electron chi connectivity index (χ4n) is 2.60. The molecule has 0 aromatic heterocycles. The Kier molecular flexibility index (Phi) is 5.65. The number of hydrogen-bond acceptors (Lipinski definition) is 4. The van der Waals surface area contributed by atoms with Crippen molar-refractivity contribution in [3.05, 3.63) is 71.0 Å². The van der Waals surface area contributed by atoms with E-state index in [1.807, 2.05) is 0 Å². The van der Waals surface area contributed by atoms with Gasteiger partial charge in [-0.15, -0.1) is 0 Å². The standard InChI is InChI=1S/C20H16ClFN2O4/c1-3-8-28-18-16(21)10-12(11-17(18)27-2)9-15-19(25)23-24(20(15)26)14-6-4-13(22)5-7-14/h3-7,9-11H,1,8H2,2H3,(H,23,25)/b15-9-. The lowest BCUT2D eigenvalue weighted by Gasteiger charge is -2.14. The molecule has 1 heterocycles. The van der Waals surface area contributed by atoms with E-state index in [1.54, 1.807) is 18.2 Å². The van der Waals surface area contributed by atoms with Crippen LogP contribution in [0.2, 0.25) is 5.02 Å². The Morgan fingerprint density at radius 2 is 1.96 bits per heavy atom. The number of rotatable bonds is 6. The maximum absolute atomic E-state index is 13.1. The Morgan fingerprint density at radius 1 is 1.25 bits per heavy atom. The van der Waals surface area contributed by atoms with Crippen LogP contribution in [0.1, 0.15) is 5.56 Å². The summed E-state index contributed by atoms with van der Waals surface area (Å²) in [6.45, 7) is 3.81. The van der Waals surface area contributed by atoms with E-state index in [9.17, 15) is 14.0 Å². The molecule has 2 amide bonds. The van der Waals surface area contributed by atoms with Crippen LogP contribution in [0.4, 0.5) is 10.1 Å². The van der Waals surface area contributed by atoms with Crippen molar-refractivity contribution in [2.45, 2.75) is 0 Å². The number of ether oxygens (including phenoxy) is 2. The van der Waals surface area contributed by atoms with Crippen LogP contribution in [0.3, 0.4) is 0 Å². The molecule has 0 radical (unpaired) electrons. The molecule has 3 rings (SSSR count). The van der Waals surface area contributed by atoms with Crippen molar-refractivity contribution in [1.82, 2.24) is 5.43 Å². The normalized spacial score (nSPS) is 15.0. The Balaban J connectivity index is 1.93. The number of carbonyl (C=O) groups is 2. The van der Waals surface area contributed by atoms with Crippen molar-refractivity contribution >= 4 is 35.2 Å². The zero-order valence-corrected chi connectivity index (χ0v) is 15.6. The number of hydrazine groups is 1. The molecule has 0 atom stereocenters. The molecule has 144 valence electrons. The Hall–Kier alpha value is -3.32. The summed E-state index contributed by atoms with van der Waals surface area (Å²) in [6.07, 6.45) is 2.96. The highest BCUT2D eigenvalue weighted by Gasteiger charge is 2.34. The molecule has 1 fully saturated rings. The number of hydrogen-bond donors (Lipinski definition) is 1. The number of methoxy groups -OCH3 is 1. The van der Waals surface area contributed by atoms with Crippen molar-refractivity contribution in [1.29, 1.82) is 0 Å². The van der Waals surface area contributed by atoms with E-state index >= 15 is 0 Å². The van der Waals surface area contributed by atoms with E-state index in [-0.39, 0.29) is 17.2 Å². The minimum Gasteiger partial charge on any atom is -0.493 e. The number of anilines is 1. The van der Waals surface area contributed by atoms with Gasteiger partial charge < -0.3 is 9.47 Å². The van der Waals surface area contributed by atoms with Crippen LogP contribution in [0, 0.1) is 5.82 Å². The predicted octanol–water partition coefficient (Wildman–Crippen LogP) is 3.51. The van der Waals surface area contributed by atoms with Crippen molar-refractivity contribution in [3.63, 3.8) is 0 Å². The van der Waals surface area contributed by atoms with Gasteiger partial charge in [-0.25, -0.2) is 9.40 Å². The first-order chi connectivity index (χ1) is 13.4. The fraction of sp³-hybridized carbons (Fsp3) is 0.100. The smallest absolute Gasteiger partial charge is 0.282 e. The minimum atomic E-state index is -0.587. The van der Waals surface area contributed by atoms with Gasteiger partial charge in [0.2, 0.25) is 0 Å². The number of carbonyl (C=O) groups excluding carboxylic acids is 2. The van der Waals surface area contributed by atoms with Crippen LogP contribution < -0.4 is 19.9 Å². The quantitative estimate of drug-likeness (QED) is 0.456. The first-order valence-corrected chi connectivity index (χ1v) is 8.56. The fourth-order valence-corrected chi connectivity index (χ4v) is 2.88. The van der Waals surface area contributed by atoms with Crippen molar-refractivity contribution in [3.8, 4) is 11.5 Å². The molecule has 1 N–H and O–H groups in total. The van der Waals surface area contributed by atoms with Crippen molar-refractivity contribution < 1.29 is 23.5 Å². The molecule has 1 aliphatic heterocycles. The van der Waals surface area contributed by atoms with Crippen LogP contribution in [0.5, 0.6) is 11.5 Å². The Morgan fingerprint density at radius 3 is 2.61 bits per heavy atom. The minimum absolute atomic E-state index is 0.0952. The van der Waals surface area contributed by atoms with E-state index in [2.05, 4.69) is 12.0 Å². The van der Waals surface area contributed by atoms with Gasteiger partial charge in [0.05, 0.1) is 17.8 Å². The average Bonchev–Trinajstić information content (AvgIpc) is 2.95. The summed E-state index contributed by atoms with van der Waals surface area (Å²) in [4.78, 5) is 24.9. The summed E-state index contributed by atoms with van der Waals surface area (Å²) in [5.41, 5.74) is 3.17. The van der Waals surface area contributed by atoms with Crippen LogP contribution in [0.25, 0.3) is 6.08 Å². The molecule has 0 aliphatic carbocycles. The third kappa shape index (κ3) is 3.84. The monoisotopic (exact) mass is 402 g/mol. The van der Waals surface area contributed by atoms with Gasteiger partial charge in [-0.1, -0.05) is 24.3 Å². The lowest BCUT2D eigenvalue weighted by Crippen LogP contribution is -2.35. The predicted molar refractivity (Wildman–Crippen MR) is 104 cm³/mol. The summed E-state index contributed by atoms with van der Waals surface area (Å²) >= 11 is 6.25. The lowest BCUT2D eigenvalue weighted by atomic mass is 10.1. The summed E-state index contributed by atoms with van der Waals surface area (Å²) in [6, 6.07) is 8.32. The summed E-state index contributed by atoms with van der Waals surface area (Å²) in [7, 11) is 1.45. The van der Waals surface area contributed by atoms with E-state index in [0.29, 0.717) is 22.7 Å². The van der Waals surface area contributed by atoms with Crippen molar-refractivity contribution in [2.24, 2.45) is 0 Å². The van der Waals surface area contributed by atoms with Gasteiger partial charge in [0.15, 0.2) is 11.5 Å². The Labute approximate surface area is 165 Å². The molecule has 0 saturated carbocycles. The zero-order valence-electron chi connectivity index (χ0n) is 14.9. The maximum atomic E-state index is 13.1. The molecular formula is C20H16ClFN2O4. The molecule has 6 nitrogen and oxygen atoms in total. The van der Waals surface area contributed by atoms with Crippen LogP contribution in [-0.2, 0) is 9.59 Å². The third-order valence-corrected chi connectivity index (χ3v) is 4.17. The number of nitrogens with one attached hydrogen (secondary N) is 1. The summed E-state index contributed by atoms with van der Waals surface area (Å²) in [5.74, 6) is -0.920. The van der Waals surface area contributed by atoms with Gasteiger partial charge in [0, 0.05) is 0 Å². The maximum Gasteiger partial charge on any atom is 0.282 e. The Bertz CT molecular complexity index is 973. The van der Waals surface area contributed by atoms with E-state index in [1.165, 1.54) is 37.5 Å². The number of halogens is 2. The first kappa shape index (κ1) is 19.4. The number of nitrogens with zero attached hydrogens (tertiary/aromatic N) is 1. The van der Waals surface area contributed by atoms with Gasteiger partial charge in [0.25, 0.3) is 11.8 Å². The van der Waals surface area contributed by atoms with Crippen LogP contribution >= 0.6 is 11.6 Å². The summed E-state index contributed by atoms with van der Waals surface area (Å²) in [5, 5.41) is 1.31. The molecule has 2 aromatic carbocycles. The van der Waals surface area contributed by atoms with Crippen LogP contribution in [-0.4, -0.2) is 25.5 Å². The molecule has 0 spiro atoms. The number of amides is 2. The third-order valence-electron chi connectivity index (χ3n) is 3.88. The largest absolute Gasteiger partial charge is 0.493 e. The zero-order chi connectivity index (χ0) is 20.3. The van der Waals surface area contributed by atoms with Gasteiger partial charge in [-0.3, -0.25) is 15.0 Å². The molecule has 0 unspecified atom stereocenters. The molecule has 2 aromatic rings. The lowest BCUT2D eigenvalue weighted by molar-refractivity contribution is -0.117. The number of benzene rings is 2. The molecule has 1 saturated heterocycles. The van der Waals surface area contributed by atoms with Gasteiger partial charge >= 0.3 is 0 Å². The average molecular weight is 403 g/mol. The molecule has 28 heavy (non-hydrogen) atoms. The molecule has 1 aliphatic rings. The van der Waals surface area contributed by atoms with E-state index in [4.69, 9.17) is 21.1 Å². The highest BCUT2D eigenvalue weighted by molar-refractivity contribution is 6.33. The van der Waals surface area contributed by atoms with E-state index < -0.39 is 17.6 Å². The second-order valence-corrected chi connectivity index (χ2v) is 6.16. The molecule has 0 bridgehead atoms. The highest BCUT2D eigenvalue weighted by atomic mass is 35.5. The van der Waals surface area contributed by atoms with Gasteiger partial charge in [0.1, 0.15) is 18.0 Å². The second kappa shape index (κ2) is 8.14. The van der Waals surface area contributed by atoms with Gasteiger partial charge in [-0.05, 0) is 48.0 Å². The van der Waals surface area contributed by atoms with Crippen molar-refractivity contribution in [2.75, 3.05) is 18.7 Å². The van der Waals surface area contributed by atoms with Gasteiger partial charge in [-0.2, -0.15) is 0 Å². The SMILES string of the molecule is C=CCOc1c(Cl)cc(/C=C2/C(=O)NN(c3ccc(F)cc3)C2=O)cc1OC. The first-order valence-electron chi connectivity index (χ1n) is 8.18. The molecule has 8 heteroatoms.